The molecule has 4 aromatic carbocycles. The number of methoxy groups -OCH3 is 2. The summed E-state index contributed by atoms with van der Waals surface area (Å²) in [6, 6.07) is 34.8. The molecular formula is C38H37NO8S. The minimum atomic E-state index is -3.86. The summed E-state index contributed by atoms with van der Waals surface area (Å²) in [5, 5.41) is 4.81. The number of benzene rings is 4. The van der Waals surface area contributed by atoms with Crippen LogP contribution in [0.25, 0.3) is 22.3 Å². The van der Waals surface area contributed by atoms with Crippen molar-refractivity contribution in [2.45, 2.75) is 32.2 Å². The summed E-state index contributed by atoms with van der Waals surface area (Å²) in [5.41, 5.74) is 6.12. The molecule has 0 radical (unpaired) electrons. The zero-order valence-electron chi connectivity index (χ0n) is 27.1. The van der Waals surface area contributed by atoms with E-state index in [1.54, 1.807) is 27.4 Å². The van der Waals surface area contributed by atoms with Gasteiger partial charge in [0.2, 0.25) is 5.09 Å². The lowest BCUT2D eigenvalue weighted by Gasteiger charge is -2.07. The van der Waals surface area contributed by atoms with Crippen molar-refractivity contribution in [3.63, 3.8) is 0 Å². The number of sulfonamides is 1. The molecule has 0 aliphatic rings. The second kappa shape index (κ2) is 15.4. The molecule has 6 aromatic rings. The predicted molar refractivity (Wildman–Crippen MR) is 184 cm³/mol. The van der Waals surface area contributed by atoms with Gasteiger partial charge < -0.3 is 27.8 Å². The SMILES string of the molecule is COc1ccc(-c2ccc(OCc3cc(S(N)(=O)=O)oc3C)cc2)cc1.COc1ccc(-c2ccc(OCc3ccoc3C)cc2)cc1. The van der Waals surface area contributed by atoms with E-state index in [1.807, 2.05) is 97.9 Å². The highest BCUT2D eigenvalue weighted by Gasteiger charge is 2.17. The van der Waals surface area contributed by atoms with Crippen LogP contribution in [0.1, 0.15) is 22.6 Å². The molecule has 0 aliphatic carbocycles. The zero-order chi connectivity index (χ0) is 34.1. The molecule has 248 valence electrons. The average Bonchev–Trinajstić information content (AvgIpc) is 3.71. The van der Waals surface area contributed by atoms with Crippen molar-refractivity contribution < 1.29 is 36.2 Å². The Morgan fingerprint density at radius 3 is 1.29 bits per heavy atom. The molecule has 6 rings (SSSR count). The van der Waals surface area contributed by atoms with E-state index in [0.29, 0.717) is 23.7 Å². The van der Waals surface area contributed by atoms with Gasteiger partial charge in [0.25, 0.3) is 10.0 Å². The molecule has 2 N–H and O–H groups in total. The highest BCUT2D eigenvalue weighted by atomic mass is 32.2. The lowest BCUT2D eigenvalue weighted by Crippen LogP contribution is -2.10. The normalized spacial score (nSPS) is 10.9. The topological polar surface area (TPSA) is 123 Å². The Morgan fingerprint density at radius 2 is 0.958 bits per heavy atom. The third kappa shape index (κ3) is 8.87. The molecule has 0 saturated heterocycles. The molecule has 9 nitrogen and oxygen atoms in total. The monoisotopic (exact) mass is 667 g/mol. The van der Waals surface area contributed by atoms with Gasteiger partial charge in [0.15, 0.2) is 0 Å². The highest BCUT2D eigenvalue weighted by Crippen LogP contribution is 2.27. The summed E-state index contributed by atoms with van der Waals surface area (Å²) in [5.74, 6) is 4.54. The number of nitrogens with two attached hydrogens (primary N) is 1. The number of ether oxygens (including phenoxy) is 4. The summed E-state index contributed by atoms with van der Waals surface area (Å²) in [4.78, 5) is 0. The number of hydrogen-bond acceptors (Lipinski definition) is 8. The maximum atomic E-state index is 11.3. The van der Waals surface area contributed by atoms with E-state index in [1.165, 1.54) is 6.07 Å². The van der Waals surface area contributed by atoms with E-state index in [-0.39, 0.29) is 11.7 Å². The lowest BCUT2D eigenvalue weighted by atomic mass is 10.1. The van der Waals surface area contributed by atoms with Gasteiger partial charge in [0.05, 0.1) is 20.5 Å². The Bertz CT molecular complexity index is 2010. The van der Waals surface area contributed by atoms with Gasteiger partial charge in [-0.05, 0) is 90.7 Å². The number of furan rings is 2. The second-order valence-corrected chi connectivity index (χ2v) is 12.3. The van der Waals surface area contributed by atoms with E-state index >= 15 is 0 Å². The smallest absolute Gasteiger partial charge is 0.271 e. The molecule has 0 spiro atoms. The Balaban J connectivity index is 0.000000190. The van der Waals surface area contributed by atoms with Crippen molar-refractivity contribution in [2.75, 3.05) is 14.2 Å². The number of hydrogen-bond donors (Lipinski definition) is 1. The standard InChI is InChI=1S/C19H19NO5S.C19H18O3/c1-13-16(11-19(25-13)26(20,21)22)12-24-18-9-5-15(6-10-18)14-3-7-17(23-2)8-4-14;1-14-17(11-12-21-14)13-22-19-9-5-16(6-10-19)15-3-7-18(20-2)8-4-15/h3-11H,12H2,1-2H3,(H2,20,21,22);3-12H,13H2,1-2H3. The van der Waals surface area contributed by atoms with Crippen LogP contribution in [0.5, 0.6) is 23.0 Å². The maximum Gasteiger partial charge on any atom is 0.271 e. The van der Waals surface area contributed by atoms with Crippen LogP contribution in [0.4, 0.5) is 0 Å². The molecule has 10 heteroatoms. The Kier molecular flexibility index (Phi) is 10.9. The molecule has 0 aliphatic heterocycles. The van der Waals surface area contributed by atoms with Crippen LogP contribution >= 0.6 is 0 Å². The van der Waals surface area contributed by atoms with Crippen molar-refractivity contribution in [1.29, 1.82) is 0 Å². The van der Waals surface area contributed by atoms with Gasteiger partial charge in [-0.2, -0.15) is 0 Å². The molecule has 0 atom stereocenters. The molecule has 2 aromatic heterocycles. The van der Waals surface area contributed by atoms with E-state index in [4.69, 9.17) is 32.9 Å². The minimum absolute atomic E-state index is 0.187. The molecule has 0 unspecified atom stereocenters. The van der Waals surface area contributed by atoms with E-state index in [2.05, 4.69) is 12.1 Å². The van der Waals surface area contributed by atoms with Gasteiger partial charge in [0, 0.05) is 17.2 Å². The Morgan fingerprint density at radius 1 is 0.562 bits per heavy atom. The molecule has 0 fully saturated rings. The molecule has 0 saturated carbocycles. The maximum absolute atomic E-state index is 11.3. The fourth-order valence-electron chi connectivity index (χ4n) is 4.71. The van der Waals surface area contributed by atoms with Crippen molar-refractivity contribution in [3.8, 4) is 45.3 Å². The fraction of sp³-hybridized carbons (Fsp3) is 0.158. The van der Waals surface area contributed by atoms with Gasteiger partial charge in [-0.1, -0.05) is 48.5 Å². The second-order valence-electron chi connectivity index (χ2n) is 10.8. The quantitative estimate of drug-likeness (QED) is 0.146. The van der Waals surface area contributed by atoms with Crippen molar-refractivity contribution >= 4 is 10.0 Å². The summed E-state index contributed by atoms with van der Waals surface area (Å²) in [7, 11) is -0.557. The average molecular weight is 668 g/mol. The first-order chi connectivity index (χ1) is 23.1. The fourth-order valence-corrected chi connectivity index (χ4v) is 5.26. The highest BCUT2D eigenvalue weighted by molar-refractivity contribution is 7.89. The molecule has 48 heavy (non-hydrogen) atoms. The first-order valence-electron chi connectivity index (χ1n) is 15.0. The Hall–Kier alpha value is -5.45. The summed E-state index contributed by atoms with van der Waals surface area (Å²) in [6.07, 6.45) is 1.68. The van der Waals surface area contributed by atoms with Gasteiger partial charge in [-0.25, -0.2) is 13.6 Å². The van der Waals surface area contributed by atoms with Crippen LogP contribution in [0, 0.1) is 13.8 Å². The summed E-state index contributed by atoms with van der Waals surface area (Å²) in [6.45, 7) is 4.31. The third-order valence-corrected chi connectivity index (χ3v) is 8.35. The summed E-state index contributed by atoms with van der Waals surface area (Å²) < 4.78 is 54.9. The Labute approximate surface area is 280 Å². The molecule has 0 bridgehead atoms. The first-order valence-corrected chi connectivity index (χ1v) is 16.6. The molecule has 2 heterocycles. The van der Waals surface area contributed by atoms with Gasteiger partial charge in [-0.15, -0.1) is 0 Å². The van der Waals surface area contributed by atoms with Crippen LogP contribution in [0.2, 0.25) is 0 Å². The van der Waals surface area contributed by atoms with Gasteiger partial charge in [0.1, 0.15) is 47.7 Å². The number of primary sulfonamides is 1. The predicted octanol–water partition coefficient (Wildman–Crippen LogP) is 8.33. The van der Waals surface area contributed by atoms with Crippen LogP contribution in [-0.4, -0.2) is 22.6 Å². The molecular weight excluding hydrogens is 630 g/mol. The van der Waals surface area contributed by atoms with Crippen LogP contribution in [-0.2, 0) is 23.2 Å². The number of rotatable bonds is 11. The number of aryl methyl sites for hydroxylation is 2. The summed E-state index contributed by atoms with van der Waals surface area (Å²) >= 11 is 0. The first kappa shape index (κ1) is 33.9. The lowest BCUT2D eigenvalue weighted by molar-refractivity contribution is 0.302. The van der Waals surface area contributed by atoms with Crippen LogP contribution in [0.3, 0.4) is 0 Å². The van der Waals surface area contributed by atoms with E-state index < -0.39 is 10.0 Å². The van der Waals surface area contributed by atoms with Crippen molar-refractivity contribution in [3.05, 3.63) is 138 Å². The van der Waals surface area contributed by atoms with E-state index in [0.717, 1.165) is 50.8 Å². The van der Waals surface area contributed by atoms with Crippen molar-refractivity contribution in [1.82, 2.24) is 0 Å². The van der Waals surface area contributed by atoms with Gasteiger partial charge >= 0.3 is 0 Å². The third-order valence-electron chi connectivity index (χ3n) is 7.59. The van der Waals surface area contributed by atoms with Crippen LogP contribution < -0.4 is 24.1 Å². The zero-order valence-corrected chi connectivity index (χ0v) is 28.0. The van der Waals surface area contributed by atoms with Crippen LogP contribution in [0.15, 0.2) is 129 Å². The largest absolute Gasteiger partial charge is 0.497 e. The van der Waals surface area contributed by atoms with E-state index in [9.17, 15) is 8.42 Å². The van der Waals surface area contributed by atoms with Crippen molar-refractivity contribution in [2.24, 2.45) is 5.14 Å². The van der Waals surface area contributed by atoms with Gasteiger partial charge in [-0.3, -0.25) is 0 Å². The molecule has 0 amide bonds. The minimum Gasteiger partial charge on any atom is -0.497 e.